The number of aryl methyl sites for hydroxylation is 1. The van der Waals surface area contributed by atoms with E-state index in [2.05, 4.69) is 11.1 Å². The molecule has 4 heteroatoms. The largest absolute Gasteiger partial charge is 0.493 e. The van der Waals surface area contributed by atoms with Gasteiger partial charge >= 0.3 is 0 Å². The number of carbonyl (C=O) groups excluding carboxylic acids is 1. The molecule has 1 heterocycles. The molecule has 20 heavy (non-hydrogen) atoms. The molecule has 0 atom stereocenters. The Hall–Kier alpha value is -2.06. The van der Waals surface area contributed by atoms with Crippen molar-refractivity contribution < 1.29 is 13.9 Å². The lowest BCUT2D eigenvalue weighted by molar-refractivity contribution is 0.403. The molecule has 0 N–H and O–H groups in total. The van der Waals surface area contributed by atoms with Gasteiger partial charge in [0.1, 0.15) is 5.76 Å². The topological polar surface area (TPSA) is 51.8 Å². The Morgan fingerprint density at radius 2 is 2.05 bits per heavy atom. The first-order valence-electron chi connectivity index (χ1n) is 6.86. The molecule has 0 bridgehead atoms. The second kappa shape index (κ2) is 4.80. The van der Waals surface area contributed by atoms with Crippen LogP contribution in [0.5, 0.6) is 5.75 Å². The van der Waals surface area contributed by atoms with E-state index < -0.39 is 5.54 Å². The zero-order chi connectivity index (χ0) is 14.2. The van der Waals surface area contributed by atoms with Gasteiger partial charge in [0.15, 0.2) is 11.3 Å². The first kappa shape index (κ1) is 12.9. The molecule has 2 aromatic rings. The summed E-state index contributed by atoms with van der Waals surface area (Å²) >= 11 is 0. The molecule has 0 spiro atoms. The number of nitrogens with zero attached hydrogens (tertiary/aromatic N) is 1. The van der Waals surface area contributed by atoms with E-state index in [-0.39, 0.29) is 0 Å². The van der Waals surface area contributed by atoms with E-state index in [0.717, 1.165) is 48.0 Å². The van der Waals surface area contributed by atoms with Crippen molar-refractivity contribution in [1.82, 2.24) is 0 Å². The molecule has 1 saturated carbocycles. The van der Waals surface area contributed by atoms with Crippen LogP contribution in [0, 0.1) is 6.92 Å². The van der Waals surface area contributed by atoms with Crippen molar-refractivity contribution in [2.75, 3.05) is 7.11 Å². The summed E-state index contributed by atoms with van der Waals surface area (Å²) in [4.78, 5) is 14.9. The van der Waals surface area contributed by atoms with Gasteiger partial charge in [0.25, 0.3) is 0 Å². The lowest BCUT2D eigenvalue weighted by atomic mass is 9.88. The van der Waals surface area contributed by atoms with Gasteiger partial charge in [-0.1, -0.05) is 12.8 Å². The van der Waals surface area contributed by atoms with Crippen LogP contribution >= 0.6 is 0 Å². The minimum Gasteiger partial charge on any atom is -0.493 e. The predicted octanol–water partition coefficient (Wildman–Crippen LogP) is 3.85. The van der Waals surface area contributed by atoms with Crippen molar-refractivity contribution >= 4 is 17.0 Å². The van der Waals surface area contributed by atoms with Gasteiger partial charge in [-0.05, 0) is 43.5 Å². The Morgan fingerprint density at radius 3 is 2.70 bits per heavy atom. The van der Waals surface area contributed by atoms with E-state index in [1.807, 2.05) is 19.1 Å². The maximum atomic E-state index is 10.8. The number of benzene rings is 1. The third kappa shape index (κ3) is 1.93. The Bertz CT molecular complexity index is 689. The molecule has 3 rings (SSSR count). The first-order valence-corrected chi connectivity index (χ1v) is 6.86. The fraction of sp³-hybridized carbons (Fsp3) is 0.438. The average molecular weight is 271 g/mol. The molecule has 4 nitrogen and oxygen atoms in total. The maximum absolute atomic E-state index is 10.8. The maximum Gasteiger partial charge on any atom is 0.235 e. The fourth-order valence-corrected chi connectivity index (χ4v) is 3.18. The lowest BCUT2D eigenvalue weighted by Gasteiger charge is -2.23. The van der Waals surface area contributed by atoms with Crippen molar-refractivity contribution in [2.45, 2.75) is 38.1 Å². The summed E-state index contributed by atoms with van der Waals surface area (Å²) in [5.41, 5.74) is 1.33. The second-order valence-electron chi connectivity index (χ2n) is 5.40. The third-order valence-electron chi connectivity index (χ3n) is 4.15. The molecular weight excluding hydrogens is 254 g/mol. The van der Waals surface area contributed by atoms with Crippen LogP contribution in [-0.4, -0.2) is 13.2 Å². The number of furan rings is 1. The van der Waals surface area contributed by atoms with E-state index >= 15 is 0 Å². The van der Waals surface area contributed by atoms with E-state index in [1.165, 1.54) is 0 Å². The minimum absolute atomic E-state index is 0.436. The van der Waals surface area contributed by atoms with E-state index in [4.69, 9.17) is 9.15 Å². The monoisotopic (exact) mass is 271 g/mol. The van der Waals surface area contributed by atoms with Crippen LogP contribution in [0.4, 0.5) is 0 Å². The summed E-state index contributed by atoms with van der Waals surface area (Å²) in [6.45, 7) is 1.91. The number of fused-ring (bicyclic) bond motifs is 1. The van der Waals surface area contributed by atoms with Crippen LogP contribution in [0.25, 0.3) is 11.0 Å². The van der Waals surface area contributed by atoms with Crippen molar-refractivity contribution in [1.29, 1.82) is 0 Å². The van der Waals surface area contributed by atoms with Crippen LogP contribution in [0.3, 0.4) is 0 Å². The van der Waals surface area contributed by atoms with Crippen molar-refractivity contribution in [3.8, 4) is 5.75 Å². The van der Waals surface area contributed by atoms with Crippen LogP contribution < -0.4 is 4.74 Å². The number of hydrogen-bond acceptors (Lipinski definition) is 4. The van der Waals surface area contributed by atoms with E-state index in [9.17, 15) is 4.79 Å². The van der Waals surface area contributed by atoms with Gasteiger partial charge in [-0.2, -0.15) is 4.99 Å². The smallest absolute Gasteiger partial charge is 0.235 e. The lowest BCUT2D eigenvalue weighted by Crippen LogP contribution is -2.18. The van der Waals surface area contributed by atoms with Crippen LogP contribution in [0.15, 0.2) is 27.6 Å². The molecule has 0 aliphatic heterocycles. The van der Waals surface area contributed by atoms with Crippen molar-refractivity contribution in [3.05, 3.63) is 29.5 Å². The van der Waals surface area contributed by atoms with Gasteiger partial charge in [-0.15, -0.1) is 0 Å². The van der Waals surface area contributed by atoms with Gasteiger partial charge in [-0.25, -0.2) is 4.79 Å². The Kier molecular flexibility index (Phi) is 3.11. The Labute approximate surface area is 117 Å². The fourth-order valence-electron chi connectivity index (χ4n) is 3.18. The summed E-state index contributed by atoms with van der Waals surface area (Å²) in [7, 11) is 1.63. The summed E-state index contributed by atoms with van der Waals surface area (Å²) in [6.07, 6.45) is 5.67. The molecule has 0 saturated heterocycles. The third-order valence-corrected chi connectivity index (χ3v) is 4.15. The van der Waals surface area contributed by atoms with Crippen LogP contribution in [0.1, 0.15) is 37.0 Å². The van der Waals surface area contributed by atoms with Crippen LogP contribution in [-0.2, 0) is 10.3 Å². The van der Waals surface area contributed by atoms with E-state index in [1.54, 1.807) is 13.2 Å². The normalized spacial score (nSPS) is 17.1. The molecule has 0 radical (unpaired) electrons. The number of ether oxygens (including phenoxy) is 1. The molecular formula is C16H17NO3. The van der Waals surface area contributed by atoms with Gasteiger partial charge in [0, 0.05) is 5.39 Å². The van der Waals surface area contributed by atoms with Gasteiger partial charge in [-0.3, -0.25) is 0 Å². The van der Waals surface area contributed by atoms with Crippen molar-refractivity contribution in [3.63, 3.8) is 0 Å². The standard InChI is InChI=1S/C16H17NO3/c1-11-7-12-8-13(9-14(19-2)15(12)20-11)16(17-10-18)5-3-4-6-16/h7-9H,3-6H2,1-2H3. The minimum atomic E-state index is -0.436. The highest BCUT2D eigenvalue weighted by atomic mass is 16.5. The zero-order valence-electron chi connectivity index (χ0n) is 11.7. The quantitative estimate of drug-likeness (QED) is 0.629. The molecule has 1 aliphatic carbocycles. The molecule has 1 aliphatic rings. The Balaban J connectivity index is 2.22. The Morgan fingerprint density at radius 1 is 1.30 bits per heavy atom. The molecule has 1 aromatic carbocycles. The molecule has 1 aromatic heterocycles. The number of rotatable bonds is 3. The first-order chi connectivity index (χ1) is 9.68. The highest BCUT2D eigenvalue weighted by Crippen LogP contribution is 2.45. The average Bonchev–Trinajstić information content (AvgIpc) is 3.04. The highest BCUT2D eigenvalue weighted by Gasteiger charge is 2.36. The number of isocyanates is 1. The number of methoxy groups -OCH3 is 1. The summed E-state index contributed by atoms with van der Waals surface area (Å²) in [5, 5.41) is 0.990. The molecule has 0 unspecified atom stereocenters. The summed E-state index contributed by atoms with van der Waals surface area (Å²) < 4.78 is 11.1. The van der Waals surface area contributed by atoms with Gasteiger partial charge in [0.05, 0.1) is 12.6 Å². The highest BCUT2D eigenvalue weighted by molar-refractivity contribution is 5.85. The zero-order valence-corrected chi connectivity index (χ0v) is 11.7. The predicted molar refractivity (Wildman–Crippen MR) is 75.8 cm³/mol. The number of aliphatic imine (C=N–C) groups is 1. The van der Waals surface area contributed by atoms with Crippen LogP contribution in [0.2, 0.25) is 0 Å². The van der Waals surface area contributed by atoms with Gasteiger partial charge in [0.2, 0.25) is 6.08 Å². The molecule has 1 fully saturated rings. The van der Waals surface area contributed by atoms with E-state index in [0.29, 0.717) is 5.75 Å². The summed E-state index contributed by atoms with van der Waals surface area (Å²) in [6, 6.07) is 5.98. The molecule has 0 amide bonds. The summed E-state index contributed by atoms with van der Waals surface area (Å²) in [5.74, 6) is 1.53. The second-order valence-corrected chi connectivity index (χ2v) is 5.40. The molecule has 104 valence electrons. The SMILES string of the molecule is COc1cc(C2(N=C=O)CCCC2)cc2cc(C)oc12. The number of hydrogen-bond donors (Lipinski definition) is 0. The van der Waals surface area contributed by atoms with Crippen molar-refractivity contribution in [2.24, 2.45) is 4.99 Å². The van der Waals surface area contributed by atoms with Gasteiger partial charge < -0.3 is 9.15 Å².